The Hall–Kier alpha value is -4.27. The van der Waals surface area contributed by atoms with E-state index in [-0.39, 0.29) is 0 Å². The first kappa shape index (κ1) is 21.6. The molecule has 1 aliphatic rings. The van der Waals surface area contributed by atoms with Crippen molar-refractivity contribution in [1.82, 2.24) is 15.0 Å². The number of anilines is 4. The molecule has 0 spiro atoms. The van der Waals surface area contributed by atoms with Crippen molar-refractivity contribution in [2.24, 2.45) is 0 Å². The molecule has 9 heteroatoms. The summed E-state index contributed by atoms with van der Waals surface area (Å²) in [4.78, 5) is 14.8. The molecular formula is C25H21F2N5O2. The van der Waals surface area contributed by atoms with E-state index in [0.717, 1.165) is 22.9 Å². The fraction of sp³-hybridized carbons (Fsp3) is 0.160. The molecule has 0 radical (unpaired) electrons. The van der Waals surface area contributed by atoms with Crippen LogP contribution in [0.1, 0.15) is 5.69 Å². The van der Waals surface area contributed by atoms with E-state index >= 15 is 0 Å². The van der Waals surface area contributed by atoms with E-state index in [4.69, 9.17) is 9.47 Å². The number of hydrogen-bond donors (Lipinski definition) is 1. The highest BCUT2D eigenvalue weighted by Gasteiger charge is 2.23. The van der Waals surface area contributed by atoms with E-state index in [9.17, 15) is 8.78 Å². The van der Waals surface area contributed by atoms with Gasteiger partial charge in [0.05, 0.1) is 19.9 Å². The molecule has 0 saturated carbocycles. The maximum atomic E-state index is 13.8. The maximum Gasteiger partial charge on any atom is 0.229 e. The highest BCUT2D eigenvalue weighted by Crippen LogP contribution is 2.37. The largest absolute Gasteiger partial charge is 0.496 e. The van der Waals surface area contributed by atoms with Crippen molar-refractivity contribution in [3.63, 3.8) is 0 Å². The zero-order valence-corrected chi connectivity index (χ0v) is 18.5. The number of halogens is 2. The molecule has 4 aromatic rings. The molecule has 7 nitrogen and oxygen atoms in total. The van der Waals surface area contributed by atoms with Gasteiger partial charge in [-0.25, -0.2) is 13.8 Å². The fourth-order valence-corrected chi connectivity index (χ4v) is 3.87. The van der Waals surface area contributed by atoms with E-state index < -0.39 is 11.6 Å². The maximum absolute atomic E-state index is 13.8. The fourth-order valence-electron chi connectivity index (χ4n) is 3.87. The van der Waals surface area contributed by atoms with Gasteiger partial charge in [0.1, 0.15) is 24.0 Å². The highest BCUT2D eigenvalue weighted by molar-refractivity contribution is 5.75. The summed E-state index contributed by atoms with van der Waals surface area (Å²) < 4.78 is 38.9. The van der Waals surface area contributed by atoms with Gasteiger partial charge in [-0.3, -0.25) is 4.98 Å². The molecule has 2 aromatic carbocycles. The number of nitrogens with one attached hydrogen (secondary N) is 1. The summed E-state index contributed by atoms with van der Waals surface area (Å²) in [6.07, 6.45) is 3.30. The van der Waals surface area contributed by atoms with E-state index in [1.165, 1.54) is 18.3 Å². The molecule has 3 heterocycles. The van der Waals surface area contributed by atoms with Gasteiger partial charge in [-0.1, -0.05) is 0 Å². The zero-order valence-electron chi connectivity index (χ0n) is 18.5. The Morgan fingerprint density at radius 1 is 1.03 bits per heavy atom. The van der Waals surface area contributed by atoms with Crippen molar-refractivity contribution >= 4 is 23.1 Å². The molecule has 0 fully saturated rings. The van der Waals surface area contributed by atoms with Crippen molar-refractivity contribution in [1.29, 1.82) is 0 Å². The lowest BCUT2D eigenvalue weighted by Crippen LogP contribution is -2.30. The van der Waals surface area contributed by atoms with E-state index in [2.05, 4.69) is 20.3 Å². The van der Waals surface area contributed by atoms with Crippen LogP contribution in [0.4, 0.5) is 31.9 Å². The van der Waals surface area contributed by atoms with Crippen molar-refractivity contribution in [2.75, 3.05) is 30.5 Å². The smallest absolute Gasteiger partial charge is 0.229 e. The summed E-state index contributed by atoms with van der Waals surface area (Å²) >= 11 is 0. The Labute approximate surface area is 195 Å². The second-order valence-corrected chi connectivity index (χ2v) is 7.74. The Morgan fingerprint density at radius 2 is 1.85 bits per heavy atom. The second kappa shape index (κ2) is 8.93. The third-order valence-electron chi connectivity index (χ3n) is 5.39. The second-order valence-electron chi connectivity index (χ2n) is 7.74. The molecule has 5 rings (SSSR count). The topological polar surface area (TPSA) is 72.4 Å². The van der Waals surface area contributed by atoms with Crippen LogP contribution in [-0.4, -0.2) is 35.2 Å². The van der Waals surface area contributed by atoms with Crippen molar-refractivity contribution < 1.29 is 18.3 Å². The Balaban J connectivity index is 1.46. The van der Waals surface area contributed by atoms with Gasteiger partial charge in [-0.05, 0) is 48.9 Å². The Morgan fingerprint density at radius 3 is 2.62 bits per heavy atom. The molecule has 0 bridgehead atoms. The van der Waals surface area contributed by atoms with E-state index in [1.807, 2.05) is 37.3 Å². The van der Waals surface area contributed by atoms with Gasteiger partial charge in [0, 0.05) is 41.0 Å². The normalized spacial score (nSPS) is 12.6. The van der Waals surface area contributed by atoms with Gasteiger partial charge in [0.25, 0.3) is 0 Å². The number of aryl methyl sites for hydroxylation is 1. The molecule has 1 N–H and O–H groups in total. The monoisotopic (exact) mass is 461 g/mol. The standard InChI is InChI=1S/C25H21F2N5O2/c1-15-9-16(5-6-28-15)21-4-3-19(13-22(21)33-2)30-25-29-14-23-24(31-25)32(7-8-34-23)20-11-17(26)10-18(27)12-20/h3-6,9-14H,7-8H2,1-2H3,(H,29,30,31). The molecule has 34 heavy (non-hydrogen) atoms. The van der Waals surface area contributed by atoms with Crippen LogP contribution in [0.5, 0.6) is 11.5 Å². The molecular weight excluding hydrogens is 440 g/mol. The molecule has 0 unspecified atom stereocenters. The van der Waals surface area contributed by atoms with Crippen LogP contribution >= 0.6 is 0 Å². The molecule has 0 amide bonds. The summed E-state index contributed by atoms with van der Waals surface area (Å²) in [5, 5.41) is 3.17. The molecule has 0 aliphatic carbocycles. The summed E-state index contributed by atoms with van der Waals surface area (Å²) in [7, 11) is 1.61. The SMILES string of the molecule is COc1cc(Nc2ncc3c(n2)N(c2cc(F)cc(F)c2)CCO3)ccc1-c1ccnc(C)c1. The van der Waals surface area contributed by atoms with Crippen LogP contribution in [0.3, 0.4) is 0 Å². The average Bonchev–Trinajstić information content (AvgIpc) is 2.83. The van der Waals surface area contributed by atoms with Crippen LogP contribution in [-0.2, 0) is 0 Å². The minimum absolute atomic E-state index is 0.306. The lowest BCUT2D eigenvalue weighted by Gasteiger charge is -2.30. The first-order valence-corrected chi connectivity index (χ1v) is 10.6. The van der Waals surface area contributed by atoms with Gasteiger partial charge in [-0.2, -0.15) is 4.98 Å². The number of pyridine rings is 1. The molecule has 172 valence electrons. The number of methoxy groups -OCH3 is 1. The van der Waals surface area contributed by atoms with E-state index in [1.54, 1.807) is 18.2 Å². The molecule has 2 aromatic heterocycles. The predicted octanol–water partition coefficient (Wildman–Crippen LogP) is 5.41. The molecule has 0 atom stereocenters. The number of fused-ring (bicyclic) bond motifs is 1. The van der Waals surface area contributed by atoms with Crippen LogP contribution in [0.2, 0.25) is 0 Å². The van der Waals surface area contributed by atoms with Crippen molar-refractivity contribution in [2.45, 2.75) is 6.92 Å². The van der Waals surface area contributed by atoms with Gasteiger partial charge in [0.2, 0.25) is 5.95 Å². The number of nitrogens with zero attached hydrogens (tertiary/aromatic N) is 4. The van der Waals surface area contributed by atoms with Gasteiger partial charge in [-0.15, -0.1) is 0 Å². The average molecular weight is 461 g/mol. The first-order chi connectivity index (χ1) is 16.5. The Bertz CT molecular complexity index is 1340. The van der Waals surface area contributed by atoms with Crippen molar-refractivity contribution in [3.05, 3.63) is 78.3 Å². The minimum atomic E-state index is -0.660. The van der Waals surface area contributed by atoms with Crippen LogP contribution in [0.15, 0.2) is 60.9 Å². The van der Waals surface area contributed by atoms with Crippen molar-refractivity contribution in [3.8, 4) is 22.6 Å². The van der Waals surface area contributed by atoms with Crippen LogP contribution in [0, 0.1) is 18.6 Å². The van der Waals surface area contributed by atoms with Gasteiger partial charge >= 0.3 is 0 Å². The number of rotatable bonds is 5. The van der Waals surface area contributed by atoms with Gasteiger partial charge < -0.3 is 19.7 Å². The Kier molecular flexibility index (Phi) is 5.67. The predicted molar refractivity (Wildman–Crippen MR) is 125 cm³/mol. The molecule has 0 saturated heterocycles. The van der Waals surface area contributed by atoms with E-state index in [0.29, 0.717) is 47.8 Å². The zero-order chi connectivity index (χ0) is 23.7. The third-order valence-corrected chi connectivity index (χ3v) is 5.39. The summed E-state index contributed by atoms with van der Waals surface area (Å²) in [6, 6.07) is 13.0. The van der Waals surface area contributed by atoms with Gasteiger partial charge in [0.15, 0.2) is 11.6 Å². The quantitative estimate of drug-likeness (QED) is 0.426. The minimum Gasteiger partial charge on any atom is -0.496 e. The molecule has 1 aliphatic heterocycles. The third kappa shape index (κ3) is 4.32. The lowest BCUT2D eigenvalue weighted by molar-refractivity contribution is 0.310. The summed E-state index contributed by atoms with van der Waals surface area (Å²) in [6.45, 7) is 2.67. The number of ether oxygens (including phenoxy) is 2. The first-order valence-electron chi connectivity index (χ1n) is 10.6. The summed E-state index contributed by atoms with van der Waals surface area (Å²) in [5.41, 5.74) is 3.90. The van der Waals surface area contributed by atoms with Crippen LogP contribution < -0.4 is 19.7 Å². The number of hydrogen-bond acceptors (Lipinski definition) is 7. The van der Waals surface area contributed by atoms with Crippen LogP contribution in [0.25, 0.3) is 11.1 Å². The number of aromatic nitrogens is 3. The highest BCUT2D eigenvalue weighted by atomic mass is 19.1. The number of benzene rings is 2. The summed E-state index contributed by atoms with van der Waals surface area (Å²) in [5.74, 6) is 0.514. The lowest BCUT2D eigenvalue weighted by atomic mass is 10.0.